The van der Waals surface area contributed by atoms with Gasteiger partial charge in [-0.15, -0.1) is 0 Å². The van der Waals surface area contributed by atoms with Crippen LogP contribution in [-0.4, -0.2) is 42.4 Å². The lowest BCUT2D eigenvalue weighted by atomic mass is 9.87. The molecule has 0 unspecified atom stereocenters. The van der Waals surface area contributed by atoms with Crippen molar-refractivity contribution in [2.45, 2.75) is 46.2 Å². The van der Waals surface area contributed by atoms with E-state index in [1.165, 1.54) is 7.11 Å². The van der Waals surface area contributed by atoms with E-state index in [-0.39, 0.29) is 0 Å². The van der Waals surface area contributed by atoms with E-state index in [4.69, 9.17) is 9.84 Å². The highest BCUT2D eigenvalue weighted by Gasteiger charge is 2.33. The van der Waals surface area contributed by atoms with E-state index < -0.39 is 29.0 Å². The molecular formula is C12H24N2O4. The summed E-state index contributed by atoms with van der Waals surface area (Å²) in [5, 5.41) is 14.2. The van der Waals surface area contributed by atoms with Crippen molar-refractivity contribution in [3.8, 4) is 0 Å². The number of hydrogen-bond acceptors (Lipinski definition) is 3. The van der Waals surface area contributed by atoms with E-state index in [0.29, 0.717) is 6.61 Å². The highest BCUT2D eigenvalue weighted by atomic mass is 16.5. The quantitative estimate of drug-likeness (QED) is 0.693. The highest BCUT2D eigenvalue weighted by molar-refractivity contribution is 5.83. The maximum absolute atomic E-state index is 11.8. The third kappa shape index (κ3) is 5.86. The topological polar surface area (TPSA) is 87.7 Å². The van der Waals surface area contributed by atoms with Crippen molar-refractivity contribution < 1.29 is 19.4 Å². The molecule has 6 nitrogen and oxygen atoms in total. The molecule has 1 atom stereocenters. The number of urea groups is 1. The Kier molecular flexibility index (Phi) is 5.60. The summed E-state index contributed by atoms with van der Waals surface area (Å²) in [6.07, 6.45) is 0. The first-order chi connectivity index (χ1) is 7.99. The van der Waals surface area contributed by atoms with E-state index in [1.807, 2.05) is 0 Å². The zero-order chi connectivity index (χ0) is 14.6. The lowest BCUT2D eigenvalue weighted by molar-refractivity contribution is -0.141. The Morgan fingerprint density at radius 3 is 2.06 bits per heavy atom. The van der Waals surface area contributed by atoms with Crippen LogP contribution < -0.4 is 10.6 Å². The minimum atomic E-state index is -1.05. The second-order valence-corrected chi connectivity index (χ2v) is 6.05. The summed E-state index contributed by atoms with van der Waals surface area (Å²) in [6.45, 7) is 9.20. The summed E-state index contributed by atoms with van der Waals surface area (Å²) in [5.74, 6) is -1.05. The molecule has 6 heteroatoms. The molecule has 0 aromatic rings. The van der Waals surface area contributed by atoms with Crippen molar-refractivity contribution >= 4 is 12.0 Å². The van der Waals surface area contributed by atoms with E-state index in [2.05, 4.69) is 10.6 Å². The van der Waals surface area contributed by atoms with Crippen LogP contribution >= 0.6 is 0 Å². The lowest BCUT2D eigenvalue weighted by Crippen LogP contribution is -2.57. The standard InChI is InChI=1S/C12H24N2O4/c1-11(2,3)8(9(15)16)13-10(17)14-12(4,5)7-18-6/h8H,7H2,1-6H3,(H,15,16)(H2,13,14,17)/t8-/m0/s1. The average Bonchev–Trinajstić information content (AvgIpc) is 2.10. The summed E-state index contributed by atoms with van der Waals surface area (Å²) >= 11 is 0. The molecule has 0 bridgehead atoms. The molecule has 18 heavy (non-hydrogen) atoms. The van der Waals surface area contributed by atoms with E-state index in [1.54, 1.807) is 34.6 Å². The summed E-state index contributed by atoms with van der Waals surface area (Å²) in [7, 11) is 1.54. The molecular weight excluding hydrogens is 236 g/mol. The largest absolute Gasteiger partial charge is 0.480 e. The molecule has 3 N–H and O–H groups in total. The van der Waals surface area contributed by atoms with Gasteiger partial charge in [0, 0.05) is 7.11 Å². The number of carboxylic acid groups (broad SMARTS) is 1. The molecule has 0 aliphatic carbocycles. The maximum Gasteiger partial charge on any atom is 0.326 e. The number of rotatable bonds is 5. The van der Waals surface area contributed by atoms with Gasteiger partial charge in [-0.05, 0) is 19.3 Å². The Morgan fingerprint density at radius 1 is 1.22 bits per heavy atom. The SMILES string of the molecule is COCC(C)(C)NC(=O)N[C@@H](C(=O)O)C(C)(C)C. The molecule has 0 aliphatic rings. The number of amides is 2. The zero-order valence-corrected chi connectivity index (χ0v) is 12.0. The van der Waals surface area contributed by atoms with Crippen LogP contribution in [0.3, 0.4) is 0 Å². The smallest absolute Gasteiger partial charge is 0.326 e. The first kappa shape index (κ1) is 16.7. The van der Waals surface area contributed by atoms with Gasteiger partial charge >= 0.3 is 12.0 Å². The Balaban J connectivity index is 4.59. The normalized spacial score (nSPS) is 13.9. The lowest BCUT2D eigenvalue weighted by Gasteiger charge is -2.31. The molecule has 0 rings (SSSR count). The second-order valence-electron chi connectivity index (χ2n) is 6.05. The van der Waals surface area contributed by atoms with Crippen LogP contribution in [0.25, 0.3) is 0 Å². The van der Waals surface area contributed by atoms with Gasteiger partial charge < -0.3 is 20.5 Å². The van der Waals surface area contributed by atoms with Crippen LogP contribution in [0.2, 0.25) is 0 Å². The molecule has 106 valence electrons. The van der Waals surface area contributed by atoms with Gasteiger partial charge in [0.25, 0.3) is 0 Å². The fourth-order valence-corrected chi connectivity index (χ4v) is 1.52. The van der Waals surface area contributed by atoms with E-state index in [9.17, 15) is 9.59 Å². The molecule has 2 amide bonds. The van der Waals surface area contributed by atoms with E-state index in [0.717, 1.165) is 0 Å². The minimum Gasteiger partial charge on any atom is -0.480 e. The van der Waals surface area contributed by atoms with Crippen molar-refractivity contribution in [1.82, 2.24) is 10.6 Å². The van der Waals surface area contributed by atoms with Crippen LogP contribution in [0.1, 0.15) is 34.6 Å². The number of nitrogens with one attached hydrogen (secondary N) is 2. The Labute approximate surface area is 108 Å². The first-order valence-electron chi connectivity index (χ1n) is 5.80. The average molecular weight is 260 g/mol. The fraction of sp³-hybridized carbons (Fsp3) is 0.833. The number of carboxylic acids is 1. The maximum atomic E-state index is 11.8. The van der Waals surface area contributed by atoms with Crippen LogP contribution in [0.5, 0.6) is 0 Å². The summed E-state index contributed by atoms with van der Waals surface area (Å²) < 4.78 is 4.97. The predicted octanol–water partition coefficient (Wildman–Crippen LogP) is 1.21. The van der Waals surface area contributed by atoms with Gasteiger partial charge in [-0.2, -0.15) is 0 Å². The summed E-state index contributed by atoms with van der Waals surface area (Å²) in [6, 6.07) is -1.46. The van der Waals surface area contributed by atoms with Gasteiger partial charge in [-0.1, -0.05) is 20.8 Å². The number of carbonyl (C=O) groups is 2. The second kappa shape index (κ2) is 6.04. The number of hydrogen-bond donors (Lipinski definition) is 3. The van der Waals surface area contributed by atoms with Crippen molar-refractivity contribution in [1.29, 1.82) is 0 Å². The molecule has 0 saturated carbocycles. The molecule has 0 saturated heterocycles. The van der Waals surface area contributed by atoms with Crippen molar-refractivity contribution in [3.63, 3.8) is 0 Å². The highest BCUT2D eigenvalue weighted by Crippen LogP contribution is 2.19. The van der Waals surface area contributed by atoms with Gasteiger partial charge in [0.2, 0.25) is 0 Å². The molecule has 0 aromatic carbocycles. The third-order valence-electron chi connectivity index (χ3n) is 2.35. The first-order valence-corrected chi connectivity index (χ1v) is 5.80. The van der Waals surface area contributed by atoms with Gasteiger partial charge in [0.05, 0.1) is 12.1 Å². The minimum absolute atomic E-state index is 0.341. The van der Waals surface area contributed by atoms with Crippen LogP contribution in [-0.2, 0) is 9.53 Å². The summed E-state index contributed by atoms with van der Waals surface area (Å²) in [5.41, 5.74) is -1.12. The van der Waals surface area contributed by atoms with Gasteiger partial charge in [-0.25, -0.2) is 9.59 Å². The van der Waals surface area contributed by atoms with Crippen molar-refractivity contribution in [3.05, 3.63) is 0 Å². The number of ether oxygens (including phenoxy) is 1. The van der Waals surface area contributed by atoms with Crippen LogP contribution in [0.15, 0.2) is 0 Å². The summed E-state index contributed by atoms with van der Waals surface area (Å²) in [4.78, 5) is 22.9. The Bertz CT molecular complexity index is 308. The van der Waals surface area contributed by atoms with Crippen molar-refractivity contribution in [2.75, 3.05) is 13.7 Å². The van der Waals surface area contributed by atoms with Crippen LogP contribution in [0.4, 0.5) is 4.79 Å². The molecule has 0 aromatic heterocycles. The predicted molar refractivity (Wildman–Crippen MR) is 68.5 cm³/mol. The molecule has 0 radical (unpaired) electrons. The molecule has 0 fully saturated rings. The van der Waals surface area contributed by atoms with Gasteiger partial charge in [-0.3, -0.25) is 0 Å². The van der Waals surface area contributed by atoms with Crippen molar-refractivity contribution in [2.24, 2.45) is 5.41 Å². The Morgan fingerprint density at radius 2 is 1.72 bits per heavy atom. The monoisotopic (exact) mass is 260 g/mol. The van der Waals surface area contributed by atoms with Gasteiger partial charge in [0.15, 0.2) is 0 Å². The number of aliphatic carboxylic acids is 1. The molecule has 0 aliphatic heterocycles. The third-order valence-corrected chi connectivity index (χ3v) is 2.35. The number of methoxy groups -OCH3 is 1. The van der Waals surface area contributed by atoms with Crippen LogP contribution in [0, 0.1) is 5.41 Å². The zero-order valence-electron chi connectivity index (χ0n) is 12.0. The van der Waals surface area contributed by atoms with Gasteiger partial charge in [0.1, 0.15) is 6.04 Å². The Hall–Kier alpha value is -1.30. The molecule has 0 spiro atoms. The fourth-order valence-electron chi connectivity index (χ4n) is 1.52. The van der Waals surface area contributed by atoms with E-state index >= 15 is 0 Å². The number of carbonyl (C=O) groups excluding carboxylic acids is 1. The molecule has 0 heterocycles.